The zero-order valence-electron chi connectivity index (χ0n) is 43.2. The van der Waals surface area contributed by atoms with E-state index in [0.29, 0.717) is 79.2 Å². The molecular weight excluding hydrogens is 967 g/mol. The zero-order chi connectivity index (χ0) is 51.8. The van der Waals surface area contributed by atoms with Crippen molar-refractivity contribution in [2.75, 3.05) is 72.3 Å². The first-order valence-electron chi connectivity index (χ1n) is 25.9. The Bertz CT molecular complexity index is 2880. The number of sulfonamides is 1. The number of likely N-dealkylation sites (N-methyl/N-ethyl adjacent to an activating group) is 1. The first-order chi connectivity index (χ1) is 34.9. The third kappa shape index (κ3) is 11.2. The molecule has 73 heavy (non-hydrogen) atoms. The van der Waals surface area contributed by atoms with E-state index in [1.54, 1.807) is 31.1 Å². The summed E-state index contributed by atoms with van der Waals surface area (Å²) in [6, 6.07) is 11.0. The van der Waals surface area contributed by atoms with Gasteiger partial charge in [-0.25, -0.2) is 18.4 Å². The van der Waals surface area contributed by atoms with E-state index >= 15 is 9.59 Å². The lowest BCUT2D eigenvalue weighted by molar-refractivity contribution is -0.140. The molecule has 4 amide bonds. The number of amides is 4. The molecule has 2 saturated heterocycles. The van der Waals surface area contributed by atoms with Crippen molar-refractivity contribution in [2.24, 2.45) is 5.92 Å². The summed E-state index contributed by atoms with van der Waals surface area (Å²) in [5.41, 5.74) is 2.63. The molecule has 0 unspecified atom stereocenters. The summed E-state index contributed by atoms with van der Waals surface area (Å²) < 4.78 is 40.8. The maximum atomic E-state index is 15.4. The fourth-order valence-electron chi connectivity index (χ4n) is 10.2. The average molecular weight is 1040 g/mol. The van der Waals surface area contributed by atoms with Crippen LogP contribution in [0.1, 0.15) is 106 Å². The van der Waals surface area contributed by atoms with Gasteiger partial charge in [0.25, 0.3) is 11.8 Å². The van der Waals surface area contributed by atoms with Crippen LogP contribution in [0.2, 0.25) is 0 Å². The number of aromatic nitrogens is 2. The normalized spacial score (nSPS) is 25.1. The Morgan fingerprint density at radius 2 is 1.79 bits per heavy atom. The molecule has 2 aliphatic carbocycles. The number of thiazole rings is 1. The summed E-state index contributed by atoms with van der Waals surface area (Å²) in [5, 5.41) is 9.98. The number of carbonyl (C=O) groups is 4. The molecule has 3 N–H and O–H groups in total. The van der Waals surface area contributed by atoms with Gasteiger partial charge in [0.2, 0.25) is 21.8 Å². The van der Waals surface area contributed by atoms with E-state index in [9.17, 15) is 18.0 Å². The van der Waals surface area contributed by atoms with Crippen LogP contribution >= 0.6 is 11.3 Å². The number of aryl methyl sites for hydroxylation is 1. The minimum atomic E-state index is -4.02. The van der Waals surface area contributed by atoms with E-state index in [2.05, 4.69) is 53.1 Å². The van der Waals surface area contributed by atoms with Gasteiger partial charge in [-0.1, -0.05) is 44.9 Å². The number of allylic oxidation sites excluding steroid dienone is 1. The molecule has 0 bridgehead atoms. The number of rotatable bonds is 14. The molecule has 3 aliphatic heterocycles. The van der Waals surface area contributed by atoms with Crippen molar-refractivity contribution in [1.29, 1.82) is 0 Å². The topological polar surface area (TPSA) is 196 Å². The third-order valence-corrected chi connectivity index (χ3v) is 18.5. The average Bonchev–Trinajstić information content (AvgIpc) is 4.14. The van der Waals surface area contributed by atoms with Gasteiger partial charge in [-0.2, -0.15) is 0 Å². The Balaban J connectivity index is 1.03. The number of hydrogen-bond donors (Lipinski definition) is 3. The Kier molecular flexibility index (Phi) is 15.2. The predicted octanol–water partition coefficient (Wildman–Crippen LogP) is 6.34. The molecule has 2 aromatic carbocycles. The predicted molar refractivity (Wildman–Crippen MR) is 283 cm³/mol. The van der Waals surface area contributed by atoms with Gasteiger partial charge in [-0.15, -0.1) is 11.3 Å². The van der Waals surface area contributed by atoms with Gasteiger partial charge >= 0.3 is 0 Å². The summed E-state index contributed by atoms with van der Waals surface area (Å²) in [7, 11) is 1.70. The van der Waals surface area contributed by atoms with Gasteiger partial charge in [0.1, 0.15) is 45.9 Å². The van der Waals surface area contributed by atoms with E-state index in [-0.39, 0.29) is 37.1 Å². The van der Waals surface area contributed by atoms with Crippen LogP contribution in [0.5, 0.6) is 11.5 Å². The molecule has 17 nitrogen and oxygen atoms in total. The lowest BCUT2D eigenvalue weighted by atomic mass is 10.0. The third-order valence-electron chi connectivity index (χ3n) is 15.4. The maximum absolute atomic E-state index is 15.4. The number of anilines is 1. The molecule has 5 aliphatic rings. The highest BCUT2D eigenvalue weighted by Crippen LogP contribution is 2.48. The molecule has 392 valence electrons. The van der Waals surface area contributed by atoms with Crippen LogP contribution in [0.15, 0.2) is 60.0 Å². The number of methoxy groups -OCH3 is 1. The summed E-state index contributed by atoms with van der Waals surface area (Å²) in [5.74, 6) is -0.823. The minimum Gasteiger partial charge on any atom is -0.496 e. The van der Waals surface area contributed by atoms with Crippen LogP contribution in [-0.4, -0.2) is 157 Å². The van der Waals surface area contributed by atoms with Crippen molar-refractivity contribution in [3.63, 3.8) is 0 Å². The first kappa shape index (κ1) is 52.2. The number of fused-ring (bicyclic) bond motifs is 3. The number of piperazine rings is 1. The smallest absolute Gasteiger partial charge is 0.259 e. The highest BCUT2D eigenvalue weighted by atomic mass is 32.2. The van der Waals surface area contributed by atoms with Gasteiger partial charge in [0, 0.05) is 85.3 Å². The van der Waals surface area contributed by atoms with Gasteiger partial charge in [-0.05, 0) is 103 Å². The van der Waals surface area contributed by atoms with Crippen molar-refractivity contribution >= 4 is 61.6 Å². The lowest BCUT2D eigenvalue weighted by Gasteiger charge is -2.35. The standard InChI is InChI=1S/C54H71N9O8S2/c1-34(2)43-33-72-49(57-43)42-30-46(40-18-19-45(70-7)35(3)47(40)56-42)71-39-29-44-48(64)58-54(52(67)59-73(68,69)53(4)20-21-53)31-37(54)15-11-9-8-10-12-17-41(51(66)63(44)32-39)55-38-16-13-14-36(28-38)50(65)62-26-24-61(25-27-62)23-22-60(5)6/h11,13-16,18-19,28,30,33-34,37,39,41,44,55H,8-10,12,17,20-27,29,31-32H2,1-7H3,(H,58,64)(H,59,67)/b15-11-/t37-,39-,41+,44+,54-/m1/s1. The molecule has 0 spiro atoms. The molecule has 9 rings (SSSR count). The summed E-state index contributed by atoms with van der Waals surface area (Å²) in [4.78, 5) is 76.5. The fourth-order valence-corrected chi connectivity index (χ4v) is 12.5. The van der Waals surface area contributed by atoms with Crippen LogP contribution in [-0.2, 0) is 24.4 Å². The van der Waals surface area contributed by atoms with Crippen molar-refractivity contribution in [1.82, 2.24) is 39.6 Å². The van der Waals surface area contributed by atoms with E-state index < -0.39 is 56.2 Å². The van der Waals surface area contributed by atoms with Crippen LogP contribution in [0.3, 0.4) is 0 Å². The number of ether oxygens (including phenoxy) is 2. The quantitative estimate of drug-likeness (QED) is 0.119. The minimum absolute atomic E-state index is 0.0342. The highest BCUT2D eigenvalue weighted by Gasteiger charge is 2.63. The molecule has 5 atom stereocenters. The molecule has 5 heterocycles. The molecule has 2 saturated carbocycles. The second kappa shape index (κ2) is 21.3. The zero-order valence-corrected chi connectivity index (χ0v) is 44.9. The molecule has 4 fully saturated rings. The van der Waals surface area contributed by atoms with Crippen LogP contribution < -0.4 is 24.8 Å². The summed E-state index contributed by atoms with van der Waals surface area (Å²) in [6.45, 7) is 12.5. The monoisotopic (exact) mass is 1040 g/mol. The fraction of sp³-hybridized carbons (Fsp3) is 0.556. The van der Waals surface area contributed by atoms with Crippen LogP contribution in [0.25, 0.3) is 21.6 Å². The van der Waals surface area contributed by atoms with Crippen molar-refractivity contribution in [2.45, 2.75) is 120 Å². The van der Waals surface area contributed by atoms with E-state index in [1.165, 1.54) is 11.3 Å². The number of carbonyl (C=O) groups excluding carboxylic acids is 4. The SMILES string of the molecule is COc1ccc2c(O[C@@H]3C[C@H]4C(=O)N[C@]5(C(=O)NS(=O)(=O)C6(C)CC6)C[C@H]5/C=C\CCCCC[C@H](Nc5cccc(C(=O)N6CCN(CCN(C)C)CC6)c5)C(=O)N4C3)cc(-c3nc(C(C)C)cs3)nc2c1C. The van der Waals surface area contributed by atoms with Crippen molar-refractivity contribution in [3.05, 3.63) is 76.8 Å². The van der Waals surface area contributed by atoms with Crippen molar-refractivity contribution in [3.8, 4) is 22.2 Å². The van der Waals surface area contributed by atoms with Gasteiger partial charge in [-0.3, -0.25) is 28.8 Å². The Morgan fingerprint density at radius 1 is 1.01 bits per heavy atom. The first-order valence-corrected chi connectivity index (χ1v) is 28.2. The maximum Gasteiger partial charge on any atom is 0.259 e. The summed E-state index contributed by atoms with van der Waals surface area (Å²) >= 11 is 1.49. The molecule has 0 radical (unpaired) electrons. The van der Waals surface area contributed by atoms with E-state index in [4.69, 9.17) is 19.4 Å². The Labute approximate surface area is 433 Å². The van der Waals surface area contributed by atoms with Gasteiger partial charge < -0.3 is 34.8 Å². The Morgan fingerprint density at radius 3 is 2.51 bits per heavy atom. The lowest BCUT2D eigenvalue weighted by Crippen LogP contribution is -2.58. The largest absolute Gasteiger partial charge is 0.496 e. The second-order valence-corrected chi connectivity index (χ2v) is 24.5. The molecule has 2 aromatic heterocycles. The summed E-state index contributed by atoms with van der Waals surface area (Å²) in [6.07, 6.45) is 7.89. The number of hydrogen-bond acceptors (Lipinski definition) is 14. The Hall–Kier alpha value is -5.63. The number of nitrogens with zero attached hydrogens (tertiary/aromatic N) is 6. The van der Waals surface area contributed by atoms with Gasteiger partial charge in [0.15, 0.2) is 0 Å². The van der Waals surface area contributed by atoms with Crippen molar-refractivity contribution < 1.29 is 37.1 Å². The number of nitrogens with one attached hydrogen (secondary N) is 3. The molecular formula is C54H71N9O8S2. The van der Waals surface area contributed by atoms with E-state index in [0.717, 1.165) is 60.7 Å². The molecule has 4 aromatic rings. The second-order valence-electron chi connectivity index (χ2n) is 21.4. The molecule has 19 heteroatoms. The van der Waals surface area contributed by atoms with E-state index in [1.807, 2.05) is 59.7 Å². The number of benzene rings is 2. The van der Waals surface area contributed by atoms with Gasteiger partial charge in [0.05, 0.1) is 29.6 Å². The van der Waals surface area contributed by atoms with Crippen LogP contribution in [0.4, 0.5) is 5.69 Å². The highest BCUT2D eigenvalue weighted by molar-refractivity contribution is 7.91. The van der Waals surface area contributed by atoms with Crippen LogP contribution in [0, 0.1) is 12.8 Å². The number of pyridine rings is 1.